The summed E-state index contributed by atoms with van der Waals surface area (Å²) in [6.07, 6.45) is 13.8. The van der Waals surface area contributed by atoms with Crippen molar-refractivity contribution in [3.05, 3.63) is 0 Å². The minimum Gasteiger partial charge on any atom is -0.363 e. The number of carbonyl (C=O) groups excluding carboxylic acids is 5. The van der Waals surface area contributed by atoms with Crippen LogP contribution in [-0.4, -0.2) is 83.3 Å². The first kappa shape index (κ1) is 39.6. The van der Waals surface area contributed by atoms with Crippen molar-refractivity contribution in [3.8, 4) is 0 Å². The highest BCUT2D eigenvalue weighted by molar-refractivity contribution is 6.36. The standard InChI is InChI=1S/C43H70N4O5/c1-28-24-46(25-29(2)45-28)26-41(15-9-8-10-16-41)22-32(48)21-33(39(3,4)5)38(52)47-27-43(40(6,7)42(43)17-12-18-42)23-34(47)35(49)20-31(36(50)37(44)51)19-30-13-11-14-30/h28-31,33-34,45H,8-27H2,1-7H3,(H2,44,51)/t28-,29+,31?,33-,34+,43-/m1/s1. The molecule has 6 aliphatic rings. The number of nitrogens with zero attached hydrogens (tertiary/aromatic N) is 2. The Morgan fingerprint density at radius 2 is 1.48 bits per heavy atom. The fraction of sp³-hybridized carbons (Fsp3) is 0.884. The lowest BCUT2D eigenvalue weighted by Gasteiger charge is -2.45. The number of fused-ring (bicyclic) bond motifs is 1. The van der Waals surface area contributed by atoms with E-state index in [9.17, 15) is 19.2 Å². The van der Waals surface area contributed by atoms with Gasteiger partial charge in [-0.05, 0) is 80.0 Å². The maximum absolute atomic E-state index is 15.1. The monoisotopic (exact) mass is 723 g/mol. The van der Waals surface area contributed by atoms with Crippen LogP contribution in [0.25, 0.3) is 0 Å². The Balaban J connectivity index is 1.23. The molecule has 0 aromatic rings. The van der Waals surface area contributed by atoms with Crippen molar-refractivity contribution in [1.82, 2.24) is 15.1 Å². The molecule has 6 atom stereocenters. The van der Waals surface area contributed by atoms with Gasteiger partial charge in [0.25, 0.3) is 5.91 Å². The van der Waals surface area contributed by atoms with Gasteiger partial charge in [0.15, 0.2) is 5.78 Å². The summed E-state index contributed by atoms with van der Waals surface area (Å²) in [7, 11) is 0. The highest BCUT2D eigenvalue weighted by Crippen LogP contribution is 2.88. The fourth-order valence-electron chi connectivity index (χ4n) is 12.5. The summed E-state index contributed by atoms with van der Waals surface area (Å²) in [4.78, 5) is 73.5. The molecule has 2 spiro atoms. The topological polar surface area (TPSA) is 130 Å². The van der Waals surface area contributed by atoms with Gasteiger partial charge in [-0.15, -0.1) is 0 Å². The van der Waals surface area contributed by atoms with Crippen LogP contribution < -0.4 is 11.1 Å². The van der Waals surface area contributed by atoms with Gasteiger partial charge in [-0.2, -0.15) is 0 Å². The first-order valence-electron chi connectivity index (χ1n) is 21.0. The second-order valence-corrected chi connectivity index (χ2v) is 20.5. The number of nitrogens with two attached hydrogens (primary N) is 1. The zero-order valence-electron chi connectivity index (χ0n) is 33.6. The Kier molecular flexibility index (Phi) is 11.0. The van der Waals surface area contributed by atoms with Gasteiger partial charge >= 0.3 is 0 Å². The van der Waals surface area contributed by atoms with Crippen LogP contribution in [0.15, 0.2) is 0 Å². The van der Waals surface area contributed by atoms with E-state index in [0.29, 0.717) is 43.8 Å². The molecule has 3 N–H and O–H groups in total. The summed E-state index contributed by atoms with van der Waals surface area (Å²) < 4.78 is 0. The van der Waals surface area contributed by atoms with Crippen LogP contribution in [0.2, 0.25) is 0 Å². The van der Waals surface area contributed by atoms with Gasteiger partial charge in [0.05, 0.1) is 6.04 Å². The van der Waals surface area contributed by atoms with Crippen molar-refractivity contribution in [2.24, 2.45) is 50.6 Å². The molecule has 2 amide bonds. The number of likely N-dealkylation sites (tertiary alicyclic amines) is 1. The lowest BCUT2D eigenvalue weighted by molar-refractivity contribution is -0.147. The van der Waals surface area contributed by atoms with Gasteiger partial charge in [-0.3, -0.25) is 28.9 Å². The number of primary amides is 1. The summed E-state index contributed by atoms with van der Waals surface area (Å²) in [5.41, 5.74) is 4.92. The third-order valence-corrected chi connectivity index (χ3v) is 15.8. The van der Waals surface area contributed by atoms with Gasteiger partial charge in [0.1, 0.15) is 5.78 Å². The summed E-state index contributed by atoms with van der Waals surface area (Å²) >= 11 is 0. The molecule has 292 valence electrons. The van der Waals surface area contributed by atoms with Gasteiger partial charge in [-0.1, -0.05) is 79.6 Å². The van der Waals surface area contributed by atoms with E-state index in [0.717, 1.165) is 77.4 Å². The molecule has 2 saturated heterocycles. The number of Topliss-reactive ketones (excluding diaryl/α,β-unsaturated/α-hetero) is 3. The quantitative estimate of drug-likeness (QED) is 0.203. The van der Waals surface area contributed by atoms with Crippen LogP contribution in [0.1, 0.15) is 151 Å². The summed E-state index contributed by atoms with van der Waals surface area (Å²) in [6, 6.07) is 0.179. The average Bonchev–Trinajstić information content (AvgIpc) is 3.22. The number of carbonyl (C=O) groups is 5. The van der Waals surface area contributed by atoms with Crippen LogP contribution in [0.4, 0.5) is 0 Å². The van der Waals surface area contributed by atoms with E-state index in [-0.39, 0.29) is 52.0 Å². The maximum atomic E-state index is 15.1. The zero-order chi connectivity index (χ0) is 37.9. The second kappa shape index (κ2) is 14.5. The Hall–Kier alpha value is -2.13. The summed E-state index contributed by atoms with van der Waals surface area (Å²) in [5.74, 6) is -2.65. The number of amides is 2. The van der Waals surface area contributed by atoms with E-state index >= 15 is 4.79 Å². The first-order valence-corrected chi connectivity index (χ1v) is 21.0. The van der Waals surface area contributed by atoms with E-state index in [2.05, 4.69) is 58.7 Å². The molecule has 2 heterocycles. The normalized spacial score (nSPS) is 32.1. The number of hydrogen-bond donors (Lipinski definition) is 2. The molecular formula is C43H70N4O5. The van der Waals surface area contributed by atoms with Crippen LogP contribution in [0, 0.1) is 44.8 Å². The maximum Gasteiger partial charge on any atom is 0.285 e. The molecule has 1 unspecified atom stereocenters. The number of ketones is 3. The van der Waals surface area contributed by atoms with Crippen LogP contribution >= 0.6 is 0 Å². The molecule has 4 aliphatic carbocycles. The van der Waals surface area contributed by atoms with Crippen molar-refractivity contribution >= 4 is 29.2 Å². The Labute approximate surface area is 313 Å². The zero-order valence-corrected chi connectivity index (χ0v) is 33.6. The van der Waals surface area contributed by atoms with E-state index in [4.69, 9.17) is 5.73 Å². The Morgan fingerprint density at radius 1 is 0.846 bits per heavy atom. The smallest absolute Gasteiger partial charge is 0.285 e. The van der Waals surface area contributed by atoms with Gasteiger partial charge < -0.3 is 16.0 Å². The molecule has 0 aromatic carbocycles. The molecule has 6 fully saturated rings. The van der Waals surface area contributed by atoms with E-state index in [1.807, 2.05) is 4.90 Å². The van der Waals surface area contributed by atoms with Crippen LogP contribution in [0.3, 0.4) is 0 Å². The van der Waals surface area contributed by atoms with Gasteiger partial charge in [0, 0.05) is 74.8 Å². The van der Waals surface area contributed by atoms with Crippen molar-refractivity contribution in [1.29, 1.82) is 0 Å². The van der Waals surface area contributed by atoms with Crippen LogP contribution in [-0.2, 0) is 24.0 Å². The minimum atomic E-state index is -0.979. The molecule has 9 nitrogen and oxygen atoms in total. The van der Waals surface area contributed by atoms with Crippen molar-refractivity contribution in [2.45, 2.75) is 169 Å². The third kappa shape index (κ3) is 7.20. The number of rotatable bonds is 14. The summed E-state index contributed by atoms with van der Waals surface area (Å²) in [6.45, 7) is 18.7. The molecule has 9 heteroatoms. The lowest BCUT2D eigenvalue weighted by Crippen LogP contribution is -2.56. The molecule has 0 radical (unpaired) electrons. The number of hydrogen-bond acceptors (Lipinski definition) is 7. The van der Waals surface area contributed by atoms with Crippen molar-refractivity contribution < 1.29 is 24.0 Å². The minimum absolute atomic E-state index is 0.000433. The fourth-order valence-corrected chi connectivity index (χ4v) is 12.5. The predicted octanol–water partition coefficient (Wildman–Crippen LogP) is 6.25. The molecule has 6 rings (SSSR count). The molecule has 52 heavy (non-hydrogen) atoms. The van der Waals surface area contributed by atoms with E-state index in [1.54, 1.807) is 0 Å². The lowest BCUT2D eigenvalue weighted by atomic mass is 9.68. The molecule has 0 aromatic heterocycles. The molecule has 2 aliphatic heterocycles. The number of nitrogens with one attached hydrogen (secondary N) is 1. The molecule has 4 saturated carbocycles. The number of piperazine rings is 1. The average molecular weight is 723 g/mol. The SMILES string of the molecule is C[C@@H]1CN(CC2(CC(=O)C[C@H](C(=O)N3C[C@]4(C[C@H]3C(=O)CC(CC3CCC3)C(=O)C(N)=O)C(C)(C)C43CCC3)C(C)(C)C)CCCCC2)C[C@H](C)N1. The van der Waals surface area contributed by atoms with Crippen LogP contribution in [0.5, 0.6) is 0 Å². The van der Waals surface area contributed by atoms with Gasteiger partial charge in [0.2, 0.25) is 11.7 Å². The first-order chi connectivity index (χ1) is 24.3. The van der Waals surface area contributed by atoms with E-state index < -0.39 is 35.0 Å². The Morgan fingerprint density at radius 3 is 1.98 bits per heavy atom. The molecular weight excluding hydrogens is 652 g/mol. The van der Waals surface area contributed by atoms with Crippen molar-refractivity contribution in [2.75, 3.05) is 26.2 Å². The predicted molar refractivity (Wildman–Crippen MR) is 203 cm³/mol. The summed E-state index contributed by atoms with van der Waals surface area (Å²) in [5, 5.41) is 3.64. The highest BCUT2D eigenvalue weighted by Gasteiger charge is 2.85. The molecule has 0 bridgehead atoms. The largest absolute Gasteiger partial charge is 0.363 e. The Bertz CT molecular complexity index is 1390. The van der Waals surface area contributed by atoms with Crippen molar-refractivity contribution in [3.63, 3.8) is 0 Å². The third-order valence-electron chi connectivity index (χ3n) is 15.8. The second-order valence-electron chi connectivity index (χ2n) is 20.5. The van der Waals surface area contributed by atoms with Gasteiger partial charge in [-0.25, -0.2) is 0 Å². The highest BCUT2D eigenvalue weighted by atomic mass is 16.2. The van der Waals surface area contributed by atoms with E-state index in [1.165, 1.54) is 12.8 Å².